The van der Waals surface area contributed by atoms with Gasteiger partial charge in [0.25, 0.3) is 5.91 Å². The Morgan fingerprint density at radius 1 is 1.11 bits per heavy atom. The molecule has 2 aliphatic heterocycles. The van der Waals surface area contributed by atoms with Crippen LogP contribution >= 0.6 is 0 Å². The highest BCUT2D eigenvalue weighted by Gasteiger charge is 2.25. The topological polar surface area (TPSA) is 117 Å². The van der Waals surface area contributed by atoms with E-state index in [1.54, 1.807) is 18.2 Å². The second-order valence-electron chi connectivity index (χ2n) is 9.40. The molecule has 0 saturated carbocycles. The van der Waals surface area contributed by atoms with E-state index in [2.05, 4.69) is 19.9 Å². The number of anilines is 1. The van der Waals surface area contributed by atoms with Crippen LogP contribution in [0.4, 0.5) is 10.2 Å². The molecule has 0 aliphatic carbocycles. The lowest BCUT2D eigenvalue weighted by Crippen LogP contribution is -2.46. The summed E-state index contributed by atoms with van der Waals surface area (Å²) in [7, 11) is -1.91. The molecule has 0 bridgehead atoms. The first-order valence-corrected chi connectivity index (χ1v) is 13.4. The maximum Gasteiger partial charge on any atom is 0.251 e. The molecule has 36 heavy (non-hydrogen) atoms. The lowest BCUT2D eigenvalue weighted by molar-refractivity contribution is 0.0946. The Bertz CT molecular complexity index is 1440. The number of hydrogen-bond acceptors (Lipinski definition) is 6. The summed E-state index contributed by atoms with van der Waals surface area (Å²) in [5, 5.41) is 2.82. The zero-order valence-electron chi connectivity index (χ0n) is 19.9. The number of nitrogens with one attached hydrogen (secondary N) is 2. The number of carbonyl (C=O) groups excluding carboxylic acids is 1. The van der Waals surface area contributed by atoms with Crippen molar-refractivity contribution in [1.29, 1.82) is 0 Å². The number of carbonyl (C=O) groups is 1. The van der Waals surface area contributed by atoms with Crippen molar-refractivity contribution in [1.82, 2.24) is 19.9 Å². The minimum absolute atomic E-state index is 0.107. The lowest BCUT2D eigenvalue weighted by Gasteiger charge is -2.30. The van der Waals surface area contributed by atoms with Crippen LogP contribution in [0.25, 0.3) is 22.3 Å². The van der Waals surface area contributed by atoms with E-state index in [0.717, 1.165) is 36.6 Å². The molecule has 1 amide bonds. The van der Waals surface area contributed by atoms with Crippen LogP contribution < -0.4 is 15.8 Å². The van der Waals surface area contributed by atoms with E-state index >= 15 is 4.39 Å². The fraction of sp³-hybridized carbons (Fsp3) is 0.308. The predicted octanol–water partition coefficient (Wildman–Crippen LogP) is 2.80. The number of fused-ring (bicyclic) bond motifs is 1. The largest absolute Gasteiger partial charge is 0.383 e. The quantitative estimate of drug-likeness (QED) is 0.487. The Kier molecular flexibility index (Phi) is 6.50. The number of nitrogen functional groups attached to an aromatic ring is 1. The van der Waals surface area contributed by atoms with E-state index in [-0.39, 0.29) is 28.2 Å². The molecule has 0 radical (unpaired) electrons. The maximum absolute atomic E-state index is 15.2. The van der Waals surface area contributed by atoms with Crippen LogP contribution in [0.2, 0.25) is 0 Å². The Hall–Kier alpha value is -3.34. The molecule has 5 rings (SSSR count). The standard InChI is InChI=1S/C26H28FN5O3S/c1-32-10-2-3-19(15-32)31-36(34,35)20-5-7-21(24(27)13-20)18-12-23(25(28)30-14-18)16-4-6-22-17(11-16)8-9-29-26(22)33/h4-7,11-14,19,31H,2-3,8-10,15H2,1H3,(H2,28,30)(H,29,33). The molecule has 1 fully saturated rings. The summed E-state index contributed by atoms with van der Waals surface area (Å²) in [5.41, 5.74) is 9.77. The van der Waals surface area contributed by atoms with Crippen molar-refractivity contribution in [2.24, 2.45) is 0 Å². The van der Waals surface area contributed by atoms with Crippen molar-refractivity contribution in [3.63, 3.8) is 0 Å². The lowest BCUT2D eigenvalue weighted by atomic mass is 9.94. The van der Waals surface area contributed by atoms with Crippen molar-refractivity contribution < 1.29 is 17.6 Å². The van der Waals surface area contributed by atoms with Crippen LogP contribution in [-0.2, 0) is 16.4 Å². The number of benzene rings is 2. The number of likely N-dealkylation sites (tertiary alicyclic amines) is 1. The highest BCUT2D eigenvalue weighted by Crippen LogP contribution is 2.33. The molecule has 10 heteroatoms. The van der Waals surface area contributed by atoms with Gasteiger partial charge >= 0.3 is 0 Å². The summed E-state index contributed by atoms with van der Waals surface area (Å²) in [4.78, 5) is 18.3. The molecule has 4 N–H and O–H groups in total. The van der Waals surface area contributed by atoms with Crippen LogP contribution in [0.1, 0.15) is 28.8 Å². The number of aromatic nitrogens is 1. The van der Waals surface area contributed by atoms with Gasteiger partial charge in [0.2, 0.25) is 10.0 Å². The number of likely N-dealkylation sites (N-methyl/N-ethyl adjacent to an activating group) is 1. The monoisotopic (exact) mass is 509 g/mol. The van der Waals surface area contributed by atoms with Gasteiger partial charge in [0, 0.05) is 47.6 Å². The first-order chi connectivity index (χ1) is 17.2. The Balaban J connectivity index is 1.44. The molecule has 3 aromatic rings. The van der Waals surface area contributed by atoms with E-state index < -0.39 is 15.8 Å². The normalized spacial score (nSPS) is 18.5. The van der Waals surface area contributed by atoms with Gasteiger partial charge in [-0.3, -0.25) is 4.79 Å². The van der Waals surface area contributed by atoms with Crippen molar-refractivity contribution in [3.05, 3.63) is 65.6 Å². The Morgan fingerprint density at radius 2 is 1.92 bits per heavy atom. The summed E-state index contributed by atoms with van der Waals surface area (Å²) in [6.07, 6.45) is 3.82. The summed E-state index contributed by atoms with van der Waals surface area (Å²) < 4.78 is 43.7. The first kappa shape index (κ1) is 24.4. The van der Waals surface area contributed by atoms with Gasteiger partial charge in [0.15, 0.2) is 0 Å². The Labute approximate surface area is 209 Å². The summed E-state index contributed by atoms with van der Waals surface area (Å²) in [6, 6.07) is 10.9. The second-order valence-corrected chi connectivity index (χ2v) is 11.1. The molecule has 188 valence electrons. The number of hydrogen-bond donors (Lipinski definition) is 3. The van der Waals surface area contributed by atoms with Crippen LogP contribution in [0.15, 0.2) is 53.6 Å². The Morgan fingerprint density at radius 3 is 2.69 bits per heavy atom. The smallest absolute Gasteiger partial charge is 0.251 e. The fourth-order valence-electron chi connectivity index (χ4n) is 4.90. The van der Waals surface area contributed by atoms with E-state index in [4.69, 9.17) is 5.73 Å². The third-order valence-corrected chi connectivity index (χ3v) is 8.29. The van der Waals surface area contributed by atoms with Gasteiger partial charge in [-0.15, -0.1) is 0 Å². The molecule has 1 saturated heterocycles. The van der Waals surface area contributed by atoms with Crippen LogP contribution in [-0.4, -0.2) is 56.9 Å². The molecule has 8 nitrogen and oxygen atoms in total. The van der Waals surface area contributed by atoms with Gasteiger partial charge in [-0.25, -0.2) is 22.5 Å². The minimum Gasteiger partial charge on any atom is -0.383 e. The highest BCUT2D eigenvalue weighted by atomic mass is 32.2. The molecule has 1 aromatic heterocycles. The number of nitrogens with two attached hydrogens (primary N) is 1. The average Bonchev–Trinajstić information content (AvgIpc) is 2.84. The van der Waals surface area contributed by atoms with E-state index in [9.17, 15) is 13.2 Å². The number of rotatable bonds is 5. The van der Waals surface area contributed by atoms with Gasteiger partial charge < -0.3 is 16.0 Å². The van der Waals surface area contributed by atoms with Crippen molar-refractivity contribution in [3.8, 4) is 22.3 Å². The first-order valence-electron chi connectivity index (χ1n) is 11.9. The molecular weight excluding hydrogens is 481 g/mol. The van der Waals surface area contributed by atoms with Gasteiger partial charge in [-0.1, -0.05) is 18.2 Å². The van der Waals surface area contributed by atoms with E-state index in [1.165, 1.54) is 18.3 Å². The van der Waals surface area contributed by atoms with Crippen molar-refractivity contribution in [2.45, 2.75) is 30.2 Å². The molecule has 0 spiro atoms. The van der Waals surface area contributed by atoms with Crippen LogP contribution in [0.5, 0.6) is 0 Å². The molecule has 1 atom stereocenters. The summed E-state index contributed by atoms with van der Waals surface area (Å²) >= 11 is 0. The number of amides is 1. The molecular formula is C26H28FN5O3S. The minimum atomic E-state index is -3.86. The zero-order chi connectivity index (χ0) is 25.4. The van der Waals surface area contributed by atoms with Gasteiger partial charge in [-0.05, 0) is 68.2 Å². The SMILES string of the molecule is CN1CCCC(NS(=O)(=O)c2ccc(-c3cnc(N)c(-c4ccc5c(c4)CCNC5=O)c3)c(F)c2)C1. The van der Waals surface area contributed by atoms with E-state index in [1.807, 2.05) is 13.1 Å². The molecule has 1 unspecified atom stereocenters. The van der Waals surface area contributed by atoms with Gasteiger partial charge in [-0.2, -0.15) is 0 Å². The number of piperidine rings is 1. The molecule has 2 aromatic carbocycles. The number of nitrogens with zero attached hydrogens (tertiary/aromatic N) is 2. The molecule has 2 aliphatic rings. The maximum atomic E-state index is 15.2. The van der Waals surface area contributed by atoms with Gasteiger partial charge in [0.05, 0.1) is 4.90 Å². The predicted molar refractivity (Wildman–Crippen MR) is 136 cm³/mol. The third-order valence-electron chi connectivity index (χ3n) is 6.77. The second kappa shape index (κ2) is 9.61. The molecule has 3 heterocycles. The van der Waals surface area contributed by atoms with Crippen LogP contribution in [0.3, 0.4) is 0 Å². The summed E-state index contributed by atoms with van der Waals surface area (Å²) in [6.45, 7) is 2.11. The number of pyridine rings is 1. The zero-order valence-corrected chi connectivity index (χ0v) is 20.7. The van der Waals surface area contributed by atoms with Crippen LogP contribution in [0, 0.1) is 5.82 Å². The van der Waals surface area contributed by atoms with E-state index in [0.29, 0.717) is 36.2 Å². The fourth-order valence-corrected chi connectivity index (χ4v) is 6.17. The van der Waals surface area contributed by atoms with Crippen molar-refractivity contribution in [2.75, 3.05) is 32.4 Å². The highest BCUT2D eigenvalue weighted by molar-refractivity contribution is 7.89. The van der Waals surface area contributed by atoms with Gasteiger partial charge in [0.1, 0.15) is 11.6 Å². The average molecular weight is 510 g/mol. The number of halogens is 1. The summed E-state index contributed by atoms with van der Waals surface area (Å²) in [5.74, 6) is -0.497. The number of sulfonamides is 1. The van der Waals surface area contributed by atoms with Crippen molar-refractivity contribution >= 4 is 21.7 Å². The third kappa shape index (κ3) is 4.84.